The van der Waals surface area contributed by atoms with Gasteiger partial charge in [0.2, 0.25) is 0 Å². The van der Waals surface area contributed by atoms with E-state index in [0.717, 1.165) is 0 Å². The highest BCUT2D eigenvalue weighted by Crippen LogP contribution is 2.50. The highest BCUT2D eigenvalue weighted by atomic mass is 15.1. The van der Waals surface area contributed by atoms with Crippen LogP contribution in [0.15, 0.2) is 194 Å². The van der Waals surface area contributed by atoms with Crippen LogP contribution in [0.4, 0.5) is 0 Å². The SMILES string of the molecule is c1ccc2c(c1)c1c3c4c2c2ccccc2n4-c2cc4c(cc2B3n2c3ccccc3c3cccc-1c32)B1c2c(c3ccccc3c3c5ccccc5n-4c23)-c2cccc3c4ccccc4n1c23. The summed E-state index contributed by atoms with van der Waals surface area (Å²) in [6.45, 7) is -0.162. The van der Waals surface area contributed by atoms with Crippen LogP contribution in [-0.2, 0) is 0 Å². The van der Waals surface area contributed by atoms with Crippen molar-refractivity contribution in [2.75, 3.05) is 0 Å². The summed E-state index contributed by atoms with van der Waals surface area (Å²) >= 11 is 0. The number of rotatable bonds is 0. The van der Waals surface area contributed by atoms with Gasteiger partial charge in [-0.25, -0.2) is 0 Å². The van der Waals surface area contributed by atoms with E-state index in [9.17, 15) is 0 Å². The van der Waals surface area contributed by atoms with Gasteiger partial charge in [-0.15, -0.1) is 0 Å². The molecule has 0 aliphatic carbocycles. The van der Waals surface area contributed by atoms with Crippen LogP contribution in [-0.4, -0.2) is 31.8 Å². The molecule has 0 unspecified atom stereocenters. The molecule has 0 radical (unpaired) electrons. The molecule has 4 nitrogen and oxygen atoms in total. The molecule has 15 aromatic rings. The van der Waals surface area contributed by atoms with Gasteiger partial charge >= 0.3 is 13.7 Å². The number of nitrogens with zero attached hydrogens (tertiary/aromatic N) is 4. The van der Waals surface area contributed by atoms with Crippen LogP contribution in [0.2, 0.25) is 0 Å². The van der Waals surface area contributed by atoms with Crippen molar-refractivity contribution in [1.29, 1.82) is 0 Å². The molecule has 6 heteroatoms. The Hall–Kier alpha value is -8.73. The number of benzene rings is 11. The number of fused-ring (bicyclic) bond motifs is 28. The minimum Gasteiger partial charge on any atom is -0.375 e. The van der Waals surface area contributed by atoms with E-state index in [4.69, 9.17) is 0 Å². The number of hydrogen-bond acceptors (Lipinski definition) is 0. The van der Waals surface area contributed by atoms with E-state index >= 15 is 0 Å². The molecule has 11 aromatic carbocycles. The predicted molar refractivity (Wildman–Crippen MR) is 288 cm³/mol. The summed E-state index contributed by atoms with van der Waals surface area (Å²) in [7, 11) is 0. The van der Waals surface area contributed by atoms with Crippen LogP contribution >= 0.6 is 0 Å². The largest absolute Gasteiger partial charge is 0.375 e. The standard InChI is InChI=1S/C62H32B2N4/c1-3-19-37-35(17-1)53-43-25-13-23-39-33-15-5-11-29-49(33)67(59(39)43)63-45-31-46-52(32-51(45)65-47-27-9-7-21-41(47)55(37)61(65)57(53)63)66-48-28-10-8-22-42(48)56-38-20-4-2-18-36(38)54-44-26-14-24-40-34-16-6-12-30-50(34)68(60(40)44)64(46)58(54)62(56)66/h1-32H. The highest BCUT2D eigenvalue weighted by Gasteiger charge is 2.47. The Balaban J connectivity index is 1.09. The maximum Gasteiger partial charge on any atom is 0.333 e. The van der Waals surface area contributed by atoms with E-state index in [2.05, 4.69) is 212 Å². The van der Waals surface area contributed by atoms with Crippen molar-refractivity contribution < 1.29 is 0 Å². The maximum absolute atomic E-state index is 2.74. The summed E-state index contributed by atoms with van der Waals surface area (Å²) in [5.41, 5.74) is 23.8. The van der Waals surface area contributed by atoms with Crippen LogP contribution in [0.3, 0.4) is 0 Å². The Kier molecular flexibility index (Phi) is 5.50. The molecule has 0 saturated heterocycles. The van der Waals surface area contributed by atoms with Crippen molar-refractivity contribution in [3.8, 4) is 33.6 Å². The summed E-state index contributed by atoms with van der Waals surface area (Å²) in [6.07, 6.45) is 0. The van der Waals surface area contributed by atoms with Crippen LogP contribution in [0.25, 0.3) is 142 Å². The fourth-order valence-corrected chi connectivity index (χ4v) is 14.8. The quantitative estimate of drug-likeness (QED) is 0.135. The lowest BCUT2D eigenvalue weighted by molar-refractivity contribution is 1.14. The molecule has 0 saturated carbocycles. The normalized spacial score (nSPS) is 13.8. The van der Waals surface area contributed by atoms with Crippen LogP contribution in [0.5, 0.6) is 0 Å². The lowest BCUT2D eigenvalue weighted by atomic mass is 9.41. The minimum atomic E-state index is -0.0808. The fraction of sp³-hybridized carbons (Fsp3) is 0. The summed E-state index contributed by atoms with van der Waals surface area (Å²) in [4.78, 5) is 0. The van der Waals surface area contributed by atoms with Crippen molar-refractivity contribution in [1.82, 2.24) is 18.1 Å². The van der Waals surface area contributed by atoms with Gasteiger partial charge in [-0.1, -0.05) is 164 Å². The van der Waals surface area contributed by atoms with E-state index in [1.165, 1.54) is 164 Å². The second kappa shape index (κ2) is 11.1. The molecule has 4 aliphatic heterocycles. The summed E-state index contributed by atoms with van der Waals surface area (Å²) in [6, 6.07) is 74.5. The van der Waals surface area contributed by atoms with Crippen molar-refractivity contribution in [3.05, 3.63) is 194 Å². The molecular weight excluding hydrogens is 822 g/mol. The first-order valence-corrected chi connectivity index (χ1v) is 24.0. The van der Waals surface area contributed by atoms with Crippen molar-refractivity contribution in [2.45, 2.75) is 0 Å². The van der Waals surface area contributed by atoms with Crippen LogP contribution in [0, 0.1) is 0 Å². The average molecular weight is 855 g/mol. The number of para-hydroxylation sites is 6. The third kappa shape index (κ3) is 3.45. The third-order valence-electron chi connectivity index (χ3n) is 17.0. The molecule has 306 valence electrons. The molecule has 4 aromatic heterocycles. The fourth-order valence-electron chi connectivity index (χ4n) is 14.8. The van der Waals surface area contributed by atoms with Gasteiger partial charge < -0.3 is 18.1 Å². The molecular formula is C62H32B2N4. The zero-order chi connectivity index (χ0) is 43.4. The molecule has 68 heavy (non-hydrogen) atoms. The summed E-state index contributed by atoms with van der Waals surface area (Å²) < 4.78 is 10.8. The number of aromatic nitrogens is 4. The molecule has 4 aliphatic rings. The van der Waals surface area contributed by atoms with Gasteiger partial charge in [-0.05, 0) is 84.9 Å². The van der Waals surface area contributed by atoms with E-state index < -0.39 is 0 Å². The number of hydrogen-bond donors (Lipinski definition) is 0. The van der Waals surface area contributed by atoms with E-state index in [-0.39, 0.29) is 13.7 Å². The van der Waals surface area contributed by atoms with Crippen LogP contribution in [0.1, 0.15) is 0 Å². The molecule has 0 bridgehead atoms. The minimum absolute atomic E-state index is 0.0808. The Morgan fingerprint density at radius 3 is 1.10 bits per heavy atom. The van der Waals surface area contributed by atoms with Crippen molar-refractivity contribution in [3.63, 3.8) is 0 Å². The topological polar surface area (TPSA) is 19.7 Å². The molecule has 0 amide bonds. The van der Waals surface area contributed by atoms with Gasteiger partial charge in [0, 0.05) is 87.7 Å². The first kappa shape index (κ1) is 33.7. The molecule has 0 fully saturated rings. The van der Waals surface area contributed by atoms with Gasteiger partial charge in [-0.3, -0.25) is 0 Å². The van der Waals surface area contributed by atoms with Crippen molar-refractivity contribution in [2.24, 2.45) is 0 Å². The molecule has 19 rings (SSSR count). The van der Waals surface area contributed by atoms with E-state index in [0.29, 0.717) is 0 Å². The lowest BCUT2D eigenvalue weighted by Crippen LogP contribution is -2.60. The average Bonchev–Trinajstić information content (AvgIpc) is 4.14. The monoisotopic (exact) mass is 854 g/mol. The van der Waals surface area contributed by atoms with Gasteiger partial charge in [0.25, 0.3) is 0 Å². The van der Waals surface area contributed by atoms with Crippen LogP contribution < -0.4 is 21.9 Å². The lowest BCUT2D eigenvalue weighted by Gasteiger charge is -2.38. The first-order valence-electron chi connectivity index (χ1n) is 24.0. The van der Waals surface area contributed by atoms with Gasteiger partial charge in [0.15, 0.2) is 0 Å². The predicted octanol–water partition coefficient (Wildman–Crippen LogP) is 12.3. The summed E-state index contributed by atoms with van der Waals surface area (Å²) in [5, 5.41) is 15.8. The van der Waals surface area contributed by atoms with Gasteiger partial charge in [0.1, 0.15) is 0 Å². The summed E-state index contributed by atoms with van der Waals surface area (Å²) in [5.74, 6) is 0. The van der Waals surface area contributed by atoms with E-state index in [1.807, 2.05) is 0 Å². The Labute approximate surface area is 388 Å². The smallest absolute Gasteiger partial charge is 0.333 e. The first-order chi connectivity index (χ1) is 33.8. The maximum atomic E-state index is 2.74. The van der Waals surface area contributed by atoms with Crippen molar-refractivity contribution >= 4 is 144 Å². The Morgan fingerprint density at radius 1 is 0.279 bits per heavy atom. The second-order valence-electron chi connectivity index (χ2n) is 19.8. The van der Waals surface area contributed by atoms with E-state index in [1.54, 1.807) is 0 Å². The molecule has 0 atom stereocenters. The third-order valence-corrected chi connectivity index (χ3v) is 17.0. The highest BCUT2D eigenvalue weighted by molar-refractivity contribution is 6.93. The zero-order valence-corrected chi connectivity index (χ0v) is 36.4. The van der Waals surface area contributed by atoms with Gasteiger partial charge in [-0.2, -0.15) is 0 Å². The molecule has 0 N–H and O–H groups in total. The second-order valence-corrected chi connectivity index (χ2v) is 19.8. The zero-order valence-electron chi connectivity index (χ0n) is 36.4. The Morgan fingerprint density at radius 2 is 0.647 bits per heavy atom. The molecule has 0 spiro atoms. The Bertz CT molecular complexity index is 4690. The molecule has 8 heterocycles. The van der Waals surface area contributed by atoms with Gasteiger partial charge in [0.05, 0.1) is 22.1 Å².